The Kier molecular flexibility index (Phi) is 5.42. The standard InChI is InChI=1S/C19H12ClF2N3O2/c20-17-4-3-14(24-18(26)11-6-12(21)8-13(22)7-11)9-16(17)19(27)25-15-2-1-5-23-10-15/h1-10H,(H,24,26)(H,25,27). The molecule has 0 bridgehead atoms. The number of carbonyl (C=O) groups excluding carboxylic acids is 2. The molecule has 2 N–H and O–H groups in total. The second-order valence-electron chi connectivity index (χ2n) is 5.50. The molecule has 0 unspecified atom stereocenters. The second-order valence-corrected chi connectivity index (χ2v) is 5.91. The Bertz CT molecular complexity index is 993. The molecule has 0 saturated carbocycles. The fourth-order valence-electron chi connectivity index (χ4n) is 2.30. The number of amides is 2. The molecule has 1 aromatic heterocycles. The first kappa shape index (κ1) is 18.5. The maximum absolute atomic E-state index is 13.3. The van der Waals surface area contributed by atoms with E-state index in [1.165, 1.54) is 24.4 Å². The number of nitrogens with one attached hydrogen (secondary N) is 2. The predicted molar refractivity (Wildman–Crippen MR) is 98.0 cm³/mol. The molecular formula is C19H12ClF2N3O2. The molecule has 0 saturated heterocycles. The number of benzene rings is 2. The topological polar surface area (TPSA) is 71.1 Å². The Labute approximate surface area is 158 Å². The lowest BCUT2D eigenvalue weighted by Gasteiger charge is -2.10. The van der Waals surface area contributed by atoms with Gasteiger partial charge in [0.2, 0.25) is 0 Å². The summed E-state index contributed by atoms with van der Waals surface area (Å²) in [4.78, 5) is 28.5. The normalized spacial score (nSPS) is 10.3. The van der Waals surface area contributed by atoms with Crippen molar-refractivity contribution >= 4 is 34.8 Å². The van der Waals surface area contributed by atoms with Crippen LogP contribution in [0, 0.1) is 11.6 Å². The Morgan fingerprint density at radius 1 is 0.889 bits per heavy atom. The van der Waals surface area contributed by atoms with Gasteiger partial charge in [-0.05, 0) is 42.5 Å². The molecule has 3 aromatic rings. The van der Waals surface area contributed by atoms with E-state index in [9.17, 15) is 18.4 Å². The van der Waals surface area contributed by atoms with E-state index >= 15 is 0 Å². The minimum atomic E-state index is -0.868. The van der Waals surface area contributed by atoms with E-state index in [0.29, 0.717) is 11.8 Å². The smallest absolute Gasteiger partial charge is 0.257 e. The molecule has 3 rings (SSSR count). The van der Waals surface area contributed by atoms with Crippen LogP contribution in [0.5, 0.6) is 0 Å². The fourth-order valence-corrected chi connectivity index (χ4v) is 2.50. The molecule has 1 heterocycles. The molecule has 8 heteroatoms. The summed E-state index contributed by atoms with van der Waals surface area (Å²) in [6.45, 7) is 0. The Hall–Kier alpha value is -3.32. The number of anilines is 2. The first-order valence-electron chi connectivity index (χ1n) is 7.71. The number of hydrogen-bond acceptors (Lipinski definition) is 3. The van der Waals surface area contributed by atoms with Crippen molar-refractivity contribution < 1.29 is 18.4 Å². The molecule has 0 aliphatic carbocycles. The van der Waals surface area contributed by atoms with Crippen molar-refractivity contribution in [2.24, 2.45) is 0 Å². The van der Waals surface area contributed by atoms with Crippen LogP contribution in [0.4, 0.5) is 20.2 Å². The second kappa shape index (κ2) is 7.92. The SMILES string of the molecule is O=C(Nc1ccc(Cl)c(C(=O)Nc2cccnc2)c1)c1cc(F)cc(F)c1. The van der Waals surface area contributed by atoms with Crippen LogP contribution in [-0.2, 0) is 0 Å². The lowest BCUT2D eigenvalue weighted by atomic mass is 10.1. The van der Waals surface area contributed by atoms with Crippen LogP contribution in [0.25, 0.3) is 0 Å². The van der Waals surface area contributed by atoms with Gasteiger partial charge in [-0.25, -0.2) is 8.78 Å². The van der Waals surface area contributed by atoms with Gasteiger partial charge in [0.05, 0.1) is 22.5 Å². The first-order chi connectivity index (χ1) is 12.9. The molecule has 5 nitrogen and oxygen atoms in total. The summed E-state index contributed by atoms with van der Waals surface area (Å²) in [7, 11) is 0. The average molecular weight is 388 g/mol. The predicted octanol–water partition coefficient (Wildman–Crippen LogP) is 4.52. The van der Waals surface area contributed by atoms with E-state index < -0.39 is 23.4 Å². The zero-order chi connectivity index (χ0) is 19.4. The number of aromatic nitrogens is 1. The Balaban J connectivity index is 1.80. The van der Waals surface area contributed by atoms with E-state index in [-0.39, 0.29) is 21.8 Å². The lowest BCUT2D eigenvalue weighted by Crippen LogP contribution is -2.15. The highest BCUT2D eigenvalue weighted by molar-refractivity contribution is 6.34. The minimum absolute atomic E-state index is 0.115. The van der Waals surface area contributed by atoms with Crippen LogP contribution in [-0.4, -0.2) is 16.8 Å². The van der Waals surface area contributed by atoms with Crippen molar-refractivity contribution in [3.05, 3.63) is 88.7 Å². The van der Waals surface area contributed by atoms with Crippen molar-refractivity contribution in [2.45, 2.75) is 0 Å². The van der Waals surface area contributed by atoms with Crippen LogP contribution in [0.15, 0.2) is 60.9 Å². The summed E-state index contributed by atoms with van der Waals surface area (Å²) in [5.41, 5.74) is 0.640. The third kappa shape index (κ3) is 4.65. The zero-order valence-electron chi connectivity index (χ0n) is 13.7. The van der Waals surface area contributed by atoms with Gasteiger partial charge in [-0.15, -0.1) is 0 Å². The molecule has 2 amide bonds. The molecule has 0 atom stereocenters. The number of carbonyl (C=O) groups is 2. The van der Waals surface area contributed by atoms with Gasteiger partial charge in [-0.3, -0.25) is 14.6 Å². The van der Waals surface area contributed by atoms with Gasteiger partial charge in [0.15, 0.2) is 0 Å². The van der Waals surface area contributed by atoms with Crippen LogP contribution in [0.3, 0.4) is 0 Å². The summed E-state index contributed by atoms with van der Waals surface area (Å²) in [5.74, 6) is -2.96. The van der Waals surface area contributed by atoms with Gasteiger partial charge in [-0.1, -0.05) is 11.6 Å². The summed E-state index contributed by atoms with van der Waals surface area (Å²) >= 11 is 6.06. The highest BCUT2D eigenvalue weighted by Gasteiger charge is 2.14. The van der Waals surface area contributed by atoms with Crippen molar-refractivity contribution in [3.63, 3.8) is 0 Å². The molecule has 0 fully saturated rings. The number of nitrogens with zero attached hydrogens (tertiary/aromatic N) is 1. The van der Waals surface area contributed by atoms with E-state index in [2.05, 4.69) is 15.6 Å². The fraction of sp³-hybridized carbons (Fsp3) is 0. The lowest BCUT2D eigenvalue weighted by molar-refractivity contribution is 0.101. The molecule has 0 radical (unpaired) electrons. The largest absolute Gasteiger partial charge is 0.322 e. The van der Waals surface area contributed by atoms with Crippen LogP contribution in [0.2, 0.25) is 5.02 Å². The van der Waals surface area contributed by atoms with E-state index in [4.69, 9.17) is 11.6 Å². The van der Waals surface area contributed by atoms with Crippen molar-refractivity contribution in [2.75, 3.05) is 10.6 Å². The zero-order valence-corrected chi connectivity index (χ0v) is 14.4. The summed E-state index contributed by atoms with van der Waals surface area (Å²) < 4.78 is 26.5. The Morgan fingerprint density at radius 2 is 1.59 bits per heavy atom. The third-order valence-electron chi connectivity index (χ3n) is 3.51. The van der Waals surface area contributed by atoms with Gasteiger partial charge in [0, 0.05) is 23.5 Å². The van der Waals surface area contributed by atoms with E-state index in [0.717, 1.165) is 12.1 Å². The molecule has 2 aromatic carbocycles. The van der Waals surface area contributed by atoms with E-state index in [1.54, 1.807) is 18.3 Å². The van der Waals surface area contributed by atoms with Crippen molar-refractivity contribution in [1.82, 2.24) is 4.98 Å². The maximum atomic E-state index is 13.3. The van der Waals surface area contributed by atoms with Gasteiger partial charge < -0.3 is 10.6 Å². The molecule has 0 spiro atoms. The van der Waals surface area contributed by atoms with Gasteiger partial charge >= 0.3 is 0 Å². The minimum Gasteiger partial charge on any atom is -0.322 e. The number of hydrogen-bond donors (Lipinski definition) is 2. The number of pyridine rings is 1. The molecule has 136 valence electrons. The number of rotatable bonds is 4. The highest BCUT2D eigenvalue weighted by atomic mass is 35.5. The molecule has 27 heavy (non-hydrogen) atoms. The van der Waals surface area contributed by atoms with Crippen LogP contribution >= 0.6 is 11.6 Å². The number of halogens is 3. The van der Waals surface area contributed by atoms with Gasteiger partial charge in [-0.2, -0.15) is 0 Å². The van der Waals surface area contributed by atoms with Gasteiger partial charge in [0.1, 0.15) is 11.6 Å². The summed E-state index contributed by atoms with van der Waals surface area (Å²) in [5, 5.41) is 5.28. The van der Waals surface area contributed by atoms with Gasteiger partial charge in [0.25, 0.3) is 11.8 Å². The van der Waals surface area contributed by atoms with Crippen LogP contribution in [0.1, 0.15) is 20.7 Å². The quantitative estimate of drug-likeness (QED) is 0.691. The average Bonchev–Trinajstić information content (AvgIpc) is 2.63. The highest BCUT2D eigenvalue weighted by Crippen LogP contribution is 2.22. The summed E-state index contributed by atoms with van der Waals surface area (Å²) in [6.07, 6.45) is 3.03. The molecule has 0 aliphatic rings. The first-order valence-corrected chi connectivity index (χ1v) is 8.08. The Morgan fingerprint density at radius 3 is 2.26 bits per heavy atom. The third-order valence-corrected chi connectivity index (χ3v) is 3.84. The van der Waals surface area contributed by atoms with Crippen molar-refractivity contribution in [3.8, 4) is 0 Å². The maximum Gasteiger partial charge on any atom is 0.257 e. The summed E-state index contributed by atoms with van der Waals surface area (Å²) in [6, 6.07) is 10.1. The van der Waals surface area contributed by atoms with E-state index in [1.807, 2.05) is 0 Å². The van der Waals surface area contributed by atoms with Crippen molar-refractivity contribution in [1.29, 1.82) is 0 Å². The monoisotopic (exact) mass is 387 g/mol. The molecular weight excluding hydrogens is 376 g/mol. The van der Waals surface area contributed by atoms with Crippen LogP contribution < -0.4 is 10.6 Å². The molecule has 0 aliphatic heterocycles.